The van der Waals surface area contributed by atoms with E-state index in [0.29, 0.717) is 23.6 Å². The molecule has 0 bridgehead atoms. The Bertz CT molecular complexity index is 515. The van der Waals surface area contributed by atoms with Crippen molar-refractivity contribution in [2.24, 2.45) is 11.8 Å². The van der Waals surface area contributed by atoms with Gasteiger partial charge >= 0.3 is 5.97 Å². The van der Waals surface area contributed by atoms with Gasteiger partial charge in [-0.2, -0.15) is 0 Å². The predicted octanol–water partition coefficient (Wildman–Crippen LogP) is 3.33. The molecule has 2 atom stereocenters. The van der Waals surface area contributed by atoms with Crippen LogP contribution in [0.25, 0.3) is 0 Å². The van der Waals surface area contributed by atoms with Crippen molar-refractivity contribution in [2.75, 3.05) is 6.54 Å². The van der Waals surface area contributed by atoms with Crippen LogP contribution in [0.5, 0.6) is 0 Å². The fraction of sp³-hybridized carbons (Fsp3) is 0.429. The molecule has 1 aromatic rings. The molecule has 1 fully saturated rings. The number of benzene rings is 1. The van der Waals surface area contributed by atoms with E-state index < -0.39 is 5.97 Å². The molecule has 0 spiro atoms. The van der Waals surface area contributed by atoms with Gasteiger partial charge in [-0.05, 0) is 37.0 Å². The molecule has 108 valence electrons. The van der Waals surface area contributed by atoms with Crippen LogP contribution in [-0.4, -0.2) is 23.5 Å². The Hall–Kier alpha value is -1.07. The number of carboxylic acids is 1. The van der Waals surface area contributed by atoms with Crippen LogP contribution in [0.1, 0.15) is 29.6 Å². The lowest BCUT2D eigenvalue weighted by molar-refractivity contribution is -0.142. The average Bonchev–Trinajstić information content (AvgIpc) is 2.83. The summed E-state index contributed by atoms with van der Waals surface area (Å²) in [6, 6.07) is 4.98. The van der Waals surface area contributed by atoms with Crippen molar-refractivity contribution in [1.29, 1.82) is 0 Å². The number of carbonyl (C=O) groups is 2. The van der Waals surface area contributed by atoms with E-state index in [2.05, 4.69) is 21.2 Å². The van der Waals surface area contributed by atoms with Crippen LogP contribution in [0.3, 0.4) is 0 Å². The van der Waals surface area contributed by atoms with E-state index in [9.17, 15) is 9.59 Å². The predicted molar refractivity (Wildman–Crippen MR) is 80.0 cm³/mol. The lowest BCUT2D eigenvalue weighted by Crippen LogP contribution is -2.33. The number of rotatable bonds is 4. The van der Waals surface area contributed by atoms with Crippen LogP contribution >= 0.6 is 27.5 Å². The van der Waals surface area contributed by atoms with Crippen molar-refractivity contribution >= 4 is 39.4 Å². The molecule has 2 N–H and O–H groups in total. The molecule has 2 rings (SSSR count). The highest BCUT2D eigenvalue weighted by Gasteiger charge is 2.32. The number of hydrogen-bond donors (Lipinski definition) is 2. The van der Waals surface area contributed by atoms with Crippen molar-refractivity contribution in [3.8, 4) is 0 Å². The van der Waals surface area contributed by atoms with Crippen molar-refractivity contribution in [3.05, 3.63) is 33.3 Å². The van der Waals surface area contributed by atoms with Gasteiger partial charge in [0.05, 0.1) is 5.92 Å². The van der Waals surface area contributed by atoms with Crippen LogP contribution in [0.15, 0.2) is 22.7 Å². The highest BCUT2D eigenvalue weighted by molar-refractivity contribution is 9.10. The molecule has 1 aliphatic rings. The zero-order valence-electron chi connectivity index (χ0n) is 10.7. The molecule has 20 heavy (non-hydrogen) atoms. The quantitative estimate of drug-likeness (QED) is 0.865. The van der Waals surface area contributed by atoms with Gasteiger partial charge in [0, 0.05) is 21.6 Å². The minimum Gasteiger partial charge on any atom is -0.481 e. The first kappa shape index (κ1) is 15.3. The zero-order valence-corrected chi connectivity index (χ0v) is 13.1. The molecule has 0 heterocycles. The largest absolute Gasteiger partial charge is 0.481 e. The van der Waals surface area contributed by atoms with E-state index in [1.807, 2.05) is 0 Å². The summed E-state index contributed by atoms with van der Waals surface area (Å²) in [5.41, 5.74) is 0.467. The third kappa shape index (κ3) is 3.73. The third-order valence-corrected chi connectivity index (χ3v) is 4.30. The molecule has 0 saturated heterocycles. The lowest BCUT2D eigenvalue weighted by atomic mass is 9.96. The summed E-state index contributed by atoms with van der Waals surface area (Å²) >= 11 is 9.18. The van der Waals surface area contributed by atoms with Crippen LogP contribution in [-0.2, 0) is 4.79 Å². The highest BCUT2D eigenvalue weighted by atomic mass is 79.9. The first-order valence-corrected chi connectivity index (χ1v) is 7.61. The van der Waals surface area contributed by atoms with Gasteiger partial charge in [0.1, 0.15) is 0 Å². The number of aliphatic carboxylic acids is 1. The molecule has 1 saturated carbocycles. The molecule has 0 aliphatic heterocycles. The van der Waals surface area contributed by atoms with E-state index in [-0.39, 0.29) is 17.7 Å². The van der Waals surface area contributed by atoms with Crippen LogP contribution in [0, 0.1) is 11.8 Å². The highest BCUT2D eigenvalue weighted by Crippen LogP contribution is 2.31. The van der Waals surface area contributed by atoms with Gasteiger partial charge in [-0.25, -0.2) is 0 Å². The first-order chi connectivity index (χ1) is 9.47. The molecule has 1 amide bonds. The second-order valence-electron chi connectivity index (χ2n) is 5.00. The van der Waals surface area contributed by atoms with Crippen molar-refractivity contribution in [3.63, 3.8) is 0 Å². The Morgan fingerprint density at radius 3 is 2.75 bits per heavy atom. The first-order valence-electron chi connectivity index (χ1n) is 6.44. The molecule has 6 heteroatoms. The molecular formula is C14H15BrClNO3. The topological polar surface area (TPSA) is 66.4 Å². The molecule has 1 aromatic carbocycles. The van der Waals surface area contributed by atoms with Gasteiger partial charge in [-0.3, -0.25) is 9.59 Å². The number of carboxylic acid groups (broad SMARTS) is 1. The standard InChI is InChI=1S/C14H15BrClNO3/c15-10-4-9(5-11(16)6-10)13(18)17-7-8-2-1-3-12(8)14(19)20/h4-6,8,12H,1-3,7H2,(H,17,18)(H,19,20). The molecule has 0 aromatic heterocycles. The van der Waals surface area contributed by atoms with Crippen LogP contribution < -0.4 is 5.32 Å². The summed E-state index contributed by atoms with van der Waals surface area (Å²) in [7, 11) is 0. The van der Waals surface area contributed by atoms with Crippen molar-refractivity contribution < 1.29 is 14.7 Å². The average molecular weight is 361 g/mol. The maximum Gasteiger partial charge on any atom is 0.306 e. The monoisotopic (exact) mass is 359 g/mol. The van der Waals surface area contributed by atoms with Gasteiger partial charge in [-0.1, -0.05) is 34.0 Å². The molecule has 0 radical (unpaired) electrons. The van der Waals surface area contributed by atoms with Crippen LogP contribution in [0.2, 0.25) is 5.02 Å². The fourth-order valence-electron chi connectivity index (χ4n) is 2.62. The second-order valence-corrected chi connectivity index (χ2v) is 6.36. The summed E-state index contributed by atoms with van der Waals surface area (Å²) in [6.07, 6.45) is 2.44. The van der Waals surface area contributed by atoms with E-state index >= 15 is 0 Å². The Morgan fingerprint density at radius 2 is 2.10 bits per heavy atom. The van der Waals surface area contributed by atoms with Gasteiger partial charge < -0.3 is 10.4 Å². The number of hydrogen-bond acceptors (Lipinski definition) is 2. The van der Waals surface area contributed by atoms with E-state index in [4.69, 9.17) is 16.7 Å². The number of carbonyl (C=O) groups excluding carboxylic acids is 1. The summed E-state index contributed by atoms with van der Waals surface area (Å²) in [5.74, 6) is -1.34. The van der Waals surface area contributed by atoms with E-state index in [1.165, 1.54) is 0 Å². The number of nitrogens with one attached hydrogen (secondary N) is 1. The minimum atomic E-state index is -0.771. The number of halogens is 2. The van der Waals surface area contributed by atoms with E-state index in [0.717, 1.165) is 17.3 Å². The van der Waals surface area contributed by atoms with Crippen molar-refractivity contribution in [1.82, 2.24) is 5.32 Å². The Balaban J connectivity index is 1.96. The molecule has 2 unspecified atom stereocenters. The molecule has 1 aliphatic carbocycles. The lowest BCUT2D eigenvalue weighted by Gasteiger charge is -2.16. The van der Waals surface area contributed by atoms with Gasteiger partial charge in [-0.15, -0.1) is 0 Å². The van der Waals surface area contributed by atoms with Crippen LogP contribution in [0.4, 0.5) is 0 Å². The summed E-state index contributed by atoms with van der Waals surface area (Å²) in [6.45, 7) is 0.389. The summed E-state index contributed by atoms with van der Waals surface area (Å²) in [5, 5.41) is 12.4. The second kappa shape index (κ2) is 6.59. The zero-order chi connectivity index (χ0) is 14.7. The molecule has 4 nitrogen and oxygen atoms in total. The maximum atomic E-state index is 12.0. The maximum absolute atomic E-state index is 12.0. The Morgan fingerprint density at radius 1 is 1.35 bits per heavy atom. The normalized spacial score (nSPS) is 21.7. The molecular weight excluding hydrogens is 346 g/mol. The van der Waals surface area contributed by atoms with Gasteiger partial charge in [0.25, 0.3) is 5.91 Å². The Kier molecular flexibility index (Phi) is 5.05. The van der Waals surface area contributed by atoms with E-state index in [1.54, 1.807) is 18.2 Å². The third-order valence-electron chi connectivity index (χ3n) is 3.63. The summed E-state index contributed by atoms with van der Waals surface area (Å²) < 4.78 is 0.736. The summed E-state index contributed by atoms with van der Waals surface area (Å²) in [4.78, 5) is 23.1. The SMILES string of the molecule is O=C(NCC1CCCC1C(=O)O)c1cc(Cl)cc(Br)c1. The van der Waals surface area contributed by atoms with Crippen molar-refractivity contribution in [2.45, 2.75) is 19.3 Å². The Labute approximate surface area is 130 Å². The smallest absolute Gasteiger partial charge is 0.306 e. The fourth-order valence-corrected chi connectivity index (χ4v) is 3.48. The van der Waals surface area contributed by atoms with Gasteiger partial charge in [0.2, 0.25) is 0 Å². The minimum absolute atomic E-state index is 0.0130. The number of amides is 1. The van der Waals surface area contributed by atoms with Gasteiger partial charge in [0.15, 0.2) is 0 Å².